The van der Waals surface area contributed by atoms with Crippen LogP contribution >= 0.6 is 15.9 Å². The van der Waals surface area contributed by atoms with Crippen LogP contribution in [0.2, 0.25) is 0 Å². The molecule has 1 aromatic carbocycles. The van der Waals surface area contributed by atoms with Crippen LogP contribution in [0.1, 0.15) is 29.8 Å². The molecule has 0 saturated carbocycles. The lowest BCUT2D eigenvalue weighted by Crippen LogP contribution is -2.48. The van der Waals surface area contributed by atoms with Crippen molar-refractivity contribution in [1.82, 2.24) is 15.2 Å². The molecule has 4 rings (SSSR count). The number of piperazine rings is 1. The number of pyridine rings is 1. The summed E-state index contributed by atoms with van der Waals surface area (Å²) in [7, 11) is 0. The van der Waals surface area contributed by atoms with Crippen molar-refractivity contribution in [3.63, 3.8) is 0 Å². The number of carbonyl (C=O) groups is 2. The molecule has 2 amide bonds. The van der Waals surface area contributed by atoms with Crippen LogP contribution < -0.4 is 15.5 Å². The molecule has 1 aromatic heterocycles. The second-order valence-corrected chi connectivity index (χ2v) is 8.61. The Balaban J connectivity index is 1.47. The van der Waals surface area contributed by atoms with Gasteiger partial charge >= 0.3 is 0 Å². The summed E-state index contributed by atoms with van der Waals surface area (Å²) in [5.74, 6) is -0.189. The Morgan fingerprint density at radius 3 is 2.50 bits per heavy atom. The van der Waals surface area contributed by atoms with Gasteiger partial charge in [-0.25, -0.2) is 4.98 Å². The van der Waals surface area contributed by atoms with E-state index < -0.39 is 5.91 Å². The third-order valence-corrected chi connectivity index (χ3v) is 6.00. The highest BCUT2D eigenvalue weighted by atomic mass is 79.9. The number of fused-ring (bicyclic) bond motifs is 1. The Bertz CT molecular complexity index is 995. The SMILES string of the molecule is CC(C)N1CCN(c2ccc(NC=C3C(=O)NC(=O)c4ccc(Br)cc43)nc2)CC1. The standard InChI is InChI=1S/C22H24BrN5O2/c1-14(2)27-7-9-28(10-8-27)16-4-6-20(24-12-16)25-13-19-18-11-15(23)3-5-17(18)21(29)26-22(19)30/h3-6,11-14H,7-10H2,1-2H3,(H,24,25)(H,26,29,30). The highest BCUT2D eigenvalue weighted by Gasteiger charge is 2.27. The third-order valence-electron chi connectivity index (χ3n) is 5.51. The van der Waals surface area contributed by atoms with Crippen molar-refractivity contribution in [2.75, 3.05) is 36.4 Å². The summed E-state index contributed by atoms with van der Waals surface area (Å²) in [5, 5.41) is 5.46. The number of nitrogens with zero attached hydrogens (tertiary/aromatic N) is 3. The summed E-state index contributed by atoms with van der Waals surface area (Å²) in [6.07, 6.45) is 3.44. The van der Waals surface area contributed by atoms with E-state index >= 15 is 0 Å². The zero-order valence-corrected chi connectivity index (χ0v) is 18.6. The average Bonchev–Trinajstić information content (AvgIpc) is 2.74. The zero-order chi connectivity index (χ0) is 21.3. The molecule has 0 aliphatic carbocycles. The number of rotatable bonds is 4. The molecule has 0 spiro atoms. The minimum absolute atomic E-state index is 0.389. The van der Waals surface area contributed by atoms with Crippen molar-refractivity contribution in [3.05, 3.63) is 58.3 Å². The third kappa shape index (κ3) is 4.24. The van der Waals surface area contributed by atoms with Gasteiger partial charge in [-0.2, -0.15) is 0 Å². The highest BCUT2D eigenvalue weighted by molar-refractivity contribution is 9.10. The number of hydrogen-bond acceptors (Lipinski definition) is 6. The molecule has 2 N–H and O–H groups in total. The fraction of sp³-hybridized carbons (Fsp3) is 0.318. The van der Waals surface area contributed by atoms with Gasteiger partial charge in [0.1, 0.15) is 5.82 Å². The molecule has 1 fully saturated rings. The summed E-state index contributed by atoms with van der Waals surface area (Å²) in [5.41, 5.74) is 2.54. The monoisotopic (exact) mass is 469 g/mol. The first-order valence-corrected chi connectivity index (χ1v) is 10.8. The van der Waals surface area contributed by atoms with Gasteiger partial charge in [0.05, 0.1) is 17.5 Å². The lowest BCUT2D eigenvalue weighted by atomic mass is 9.96. The van der Waals surface area contributed by atoms with Crippen LogP contribution in [-0.2, 0) is 4.79 Å². The lowest BCUT2D eigenvalue weighted by Gasteiger charge is -2.38. The first-order chi connectivity index (χ1) is 14.4. The van der Waals surface area contributed by atoms with Gasteiger partial charge in [0, 0.05) is 54.0 Å². The van der Waals surface area contributed by atoms with E-state index in [1.54, 1.807) is 24.4 Å². The van der Waals surface area contributed by atoms with Gasteiger partial charge < -0.3 is 10.2 Å². The van der Waals surface area contributed by atoms with E-state index in [-0.39, 0.29) is 5.91 Å². The summed E-state index contributed by atoms with van der Waals surface area (Å²) >= 11 is 3.40. The molecule has 0 unspecified atom stereocenters. The molecule has 0 bridgehead atoms. The summed E-state index contributed by atoms with van der Waals surface area (Å²) in [4.78, 5) is 33.7. The normalized spacial score (nSPS) is 18.5. The second kappa shape index (κ2) is 8.57. The van der Waals surface area contributed by atoms with Gasteiger partial charge in [-0.1, -0.05) is 15.9 Å². The number of aromatic nitrogens is 1. The number of imide groups is 1. The molecule has 2 aromatic rings. The lowest BCUT2D eigenvalue weighted by molar-refractivity contribution is -0.114. The van der Waals surface area contributed by atoms with Gasteiger partial charge in [0.15, 0.2) is 0 Å². The Kier molecular flexibility index (Phi) is 5.87. The Hall–Kier alpha value is -2.71. The van der Waals surface area contributed by atoms with E-state index in [9.17, 15) is 9.59 Å². The van der Waals surface area contributed by atoms with Crippen LogP contribution in [0.25, 0.3) is 5.57 Å². The fourth-order valence-corrected chi connectivity index (χ4v) is 4.10. The maximum atomic E-state index is 12.3. The minimum Gasteiger partial charge on any atom is -0.368 e. The number of hydrogen-bond donors (Lipinski definition) is 2. The van der Waals surface area contributed by atoms with Crippen molar-refractivity contribution in [2.24, 2.45) is 0 Å². The molecule has 1 saturated heterocycles. The van der Waals surface area contributed by atoms with Gasteiger partial charge in [-0.05, 0) is 44.2 Å². The first kappa shape index (κ1) is 20.6. The number of amides is 2. The van der Waals surface area contributed by atoms with Crippen LogP contribution in [0.5, 0.6) is 0 Å². The summed E-state index contributed by atoms with van der Waals surface area (Å²) < 4.78 is 0.801. The molecule has 156 valence electrons. The van der Waals surface area contributed by atoms with Gasteiger partial charge in [-0.15, -0.1) is 0 Å². The van der Waals surface area contributed by atoms with Crippen LogP contribution in [0.15, 0.2) is 47.2 Å². The van der Waals surface area contributed by atoms with Gasteiger partial charge in [0.25, 0.3) is 11.8 Å². The Morgan fingerprint density at radius 2 is 1.83 bits per heavy atom. The summed E-state index contributed by atoms with van der Waals surface area (Å²) in [6, 6.07) is 9.75. The van der Waals surface area contributed by atoms with Crippen molar-refractivity contribution in [3.8, 4) is 0 Å². The van der Waals surface area contributed by atoms with Crippen molar-refractivity contribution in [2.45, 2.75) is 19.9 Å². The minimum atomic E-state index is -0.433. The first-order valence-electron chi connectivity index (χ1n) is 10.00. The van der Waals surface area contributed by atoms with Gasteiger partial charge in [0.2, 0.25) is 0 Å². The molecule has 30 heavy (non-hydrogen) atoms. The van der Waals surface area contributed by atoms with E-state index in [0.29, 0.717) is 28.6 Å². The molecule has 2 aliphatic heterocycles. The van der Waals surface area contributed by atoms with Crippen LogP contribution in [0.4, 0.5) is 11.5 Å². The zero-order valence-electron chi connectivity index (χ0n) is 17.0. The molecule has 0 atom stereocenters. The van der Waals surface area contributed by atoms with E-state index in [1.165, 1.54) is 0 Å². The van der Waals surface area contributed by atoms with Crippen molar-refractivity contribution < 1.29 is 9.59 Å². The number of carbonyl (C=O) groups excluding carboxylic acids is 2. The number of benzene rings is 1. The predicted octanol–water partition coefficient (Wildman–Crippen LogP) is 3.10. The smallest absolute Gasteiger partial charge is 0.260 e. The van der Waals surface area contributed by atoms with Crippen molar-refractivity contribution in [1.29, 1.82) is 0 Å². The topological polar surface area (TPSA) is 77.6 Å². The molecule has 7 nitrogen and oxygen atoms in total. The van der Waals surface area contributed by atoms with E-state index in [2.05, 4.69) is 55.2 Å². The molecule has 3 heterocycles. The van der Waals surface area contributed by atoms with E-state index in [1.807, 2.05) is 18.3 Å². The van der Waals surface area contributed by atoms with Gasteiger partial charge in [-0.3, -0.25) is 19.8 Å². The summed E-state index contributed by atoms with van der Waals surface area (Å²) in [6.45, 7) is 8.52. The predicted molar refractivity (Wildman–Crippen MR) is 121 cm³/mol. The van der Waals surface area contributed by atoms with Crippen LogP contribution in [0, 0.1) is 0 Å². The number of halogens is 1. The molecular formula is C22H24BrN5O2. The Labute approximate surface area is 184 Å². The molecule has 2 aliphatic rings. The highest BCUT2D eigenvalue weighted by Crippen LogP contribution is 2.27. The number of nitrogens with one attached hydrogen (secondary N) is 2. The second-order valence-electron chi connectivity index (χ2n) is 7.69. The Morgan fingerprint density at radius 1 is 1.07 bits per heavy atom. The van der Waals surface area contributed by atoms with Crippen LogP contribution in [0.3, 0.4) is 0 Å². The fourth-order valence-electron chi connectivity index (χ4n) is 3.74. The molecule has 0 radical (unpaired) electrons. The molecule has 8 heteroatoms. The quantitative estimate of drug-likeness (QED) is 0.529. The average molecular weight is 470 g/mol. The van der Waals surface area contributed by atoms with Crippen LogP contribution in [-0.4, -0.2) is 53.9 Å². The largest absolute Gasteiger partial charge is 0.368 e. The number of anilines is 2. The van der Waals surface area contributed by atoms with E-state index in [0.717, 1.165) is 36.3 Å². The maximum absolute atomic E-state index is 12.3. The van der Waals surface area contributed by atoms with E-state index in [4.69, 9.17) is 0 Å². The maximum Gasteiger partial charge on any atom is 0.260 e. The molecular weight excluding hydrogens is 446 g/mol. The van der Waals surface area contributed by atoms with Crippen molar-refractivity contribution >= 4 is 44.8 Å².